The zero-order valence-electron chi connectivity index (χ0n) is 11.6. The molecule has 1 atom stereocenters. The average molecular weight is 305 g/mol. The number of aromatic amines is 1. The molecule has 6 nitrogen and oxygen atoms in total. The molecule has 21 heavy (non-hydrogen) atoms. The maximum atomic E-state index is 12.4. The van der Waals surface area contributed by atoms with Crippen LogP contribution in [0, 0.1) is 0 Å². The van der Waals surface area contributed by atoms with Crippen molar-refractivity contribution < 1.29 is 12.8 Å². The molecule has 3 aromatic rings. The fraction of sp³-hybridized carbons (Fsp3) is 0.214. The van der Waals surface area contributed by atoms with E-state index in [0.29, 0.717) is 5.76 Å². The molecule has 1 aromatic carbocycles. The van der Waals surface area contributed by atoms with Gasteiger partial charge in [0.15, 0.2) is 5.03 Å². The van der Waals surface area contributed by atoms with Gasteiger partial charge in [0.2, 0.25) is 0 Å². The van der Waals surface area contributed by atoms with Crippen LogP contribution in [0.25, 0.3) is 11.0 Å². The first-order chi connectivity index (χ1) is 10.00. The molecule has 0 spiro atoms. The number of fused-ring (bicyclic) bond motifs is 1. The maximum Gasteiger partial charge on any atom is 0.260 e. The van der Waals surface area contributed by atoms with Crippen molar-refractivity contribution >= 4 is 21.0 Å². The summed E-state index contributed by atoms with van der Waals surface area (Å²) >= 11 is 0. The zero-order chi connectivity index (χ0) is 15.0. The lowest BCUT2D eigenvalue weighted by molar-refractivity contribution is 0.347. The molecule has 3 rings (SSSR count). The Kier molecular flexibility index (Phi) is 3.30. The van der Waals surface area contributed by atoms with Crippen molar-refractivity contribution in [3.8, 4) is 0 Å². The number of para-hydroxylation sites is 1. The van der Waals surface area contributed by atoms with Crippen LogP contribution in [-0.2, 0) is 10.0 Å². The van der Waals surface area contributed by atoms with Gasteiger partial charge in [-0.15, -0.1) is 0 Å². The van der Waals surface area contributed by atoms with E-state index in [1.54, 1.807) is 6.92 Å². The second-order valence-corrected chi connectivity index (χ2v) is 6.77. The van der Waals surface area contributed by atoms with E-state index < -0.39 is 16.1 Å². The predicted octanol–water partition coefficient (Wildman–Crippen LogP) is 2.54. The Morgan fingerprint density at radius 1 is 1.29 bits per heavy atom. The van der Waals surface area contributed by atoms with Crippen molar-refractivity contribution in [1.82, 2.24) is 14.5 Å². The van der Waals surface area contributed by atoms with Crippen LogP contribution in [0.5, 0.6) is 0 Å². The first-order valence-corrected chi connectivity index (χ1v) is 7.90. The van der Waals surface area contributed by atoms with Gasteiger partial charge in [0.05, 0.1) is 12.2 Å². The summed E-state index contributed by atoms with van der Waals surface area (Å²) in [5, 5.41) is 7.18. The third kappa shape index (κ3) is 2.34. The predicted molar refractivity (Wildman–Crippen MR) is 78.2 cm³/mol. The minimum absolute atomic E-state index is 0.0629. The number of hydrogen-bond donors (Lipinski definition) is 1. The Bertz CT molecular complexity index is 820. The van der Waals surface area contributed by atoms with E-state index in [4.69, 9.17) is 4.42 Å². The largest absolute Gasteiger partial charge is 0.459 e. The SMILES string of the molecule is CC(c1cc2ccccc2o1)N(C)S(=O)(=O)c1ccn[nH]1. The first kappa shape index (κ1) is 13.8. The molecule has 1 N–H and O–H groups in total. The fourth-order valence-corrected chi connectivity index (χ4v) is 3.37. The van der Waals surface area contributed by atoms with Gasteiger partial charge in [0, 0.05) is 12.4 Å². The molecule has 0 aliphatic heterocycles. The number of nitrogens with one attached hydrogen (secondary N) is 1. The highest BCUT2D eigenvalue weighted by molar-refractivity contribution is 7.89. The minimum atomic E-state index is -3.63. The van der Waals surface area contributed by atoms with Crippen molar-refractivity contribution in [2.75, 3.05) is 7.05 Å². The third-order valence-corrected chi connectivity index (χ3v) is 5.39. The number of aromatic nitrogens is 2. The quantitative estimate of drug-likeness (QED) is 0.803. The van der Waals surface area contributed by atoms with Crippen LogP contribution in [0.2, 0.25) is 0 Å². The van der Waals surface area contributed by atoms with Gasteiger partial charge < -0.3 is 4.42 Å². The summed E-state index contributed by atoms with van der Waals surface area (Å²) in [6, 6.07) is 10.4. The number of sulfonamides is 1. The van der Waals surface area contributed by atoms with Crippen molar-refractivity contribution in [3.05, 3.63) is 48.4 Å². The highest BCUT2D eigenvalue weighted by Gasteiger charge is 2.29. The third-order valence-electron chi connectivity index (χ3n) is 3.53. The van der Waals surface area contributed by atoms with E-state index in [-0.39, 0.29) is 5.03 Å². The van der Waals surface area contributed by atoms with Gasteiger partial charge in [-0.25, -0.2) is 8.42 Å². The van der Waals surface area contributed by atoms with Gasteiger partial charge in [-0.05, 0) is 25.1 Å². The van der Waals surface area contributed by atoms with E-state index in [2.05, 4.69) is 10.2 Å². The lowest BCUT2D eigenvalue weighted by Crippen LogP contribution is -2.29. The Labute approximate surface area is 122 Å². The Hall–Kier alpha value is -2.12. The first-order valence-electron chi connectivity index (χ1n) is 6.46. The molecule has 1 unspecified atom stereocenters. The van der Waals surface area contributed by atoms with E-state index in [0.717, 1.165) is 11.0 Å². The molecule has 0 saturated heterocycles. The summed E-state index contributed by atoms with van der Waals surface area (Å²) < 4.78 is 31.9. The number of rotatable bonds is 4. The second kappa shape index (κ2) is 5.01. The molecule has 0 radical (unpaired) electrons. The molecule has 110 valence electrons. The number of H-pyrrole nitrogens is 1. The summed E-state index contributed by atoms with van der Waals surface area (Å²) in [6.45, 7) is 1.78. The van der Waals surface area contributed by atoms with Crippen LogP contribution in [0.15, 0.2) is 52.0 Å². The molecule has 0 bridgehead atoms. The molecular weight excluding hydrogens is 290 g/mol. The highest BCUT2D eigenvalue weighted by Crippen LogP contribution is 2.29. The van der Waals surface area contributed by atoms with Crippen LogP contribution < -0.4 is 0 Å². The summed E-state index contributed by atoms with van der Waals surface area (Å²) in [7, 11) is -2.10. The van der Waals surface area contributed by atoms with Crippen LogP contribution >= 0.6 is 0 Å². The summed E-state index contributed by atoms with van der Waals surface area (Å²) in [5.41, 5.74) is 0.742. The van der Waals surface area contributed by atoms with Crippen LogP contribution in [0.4, 0.5) is 0 Å². The Morgan fingerprint density at radius 3 is 2.71 bits per heavy atom. The van der Waals surface area contributed by atoms with Gasteiger partial charge in [0.25, 0.3) is 10.0 Å². The van der Waals surface area contributed by atoms with Crippen LogP contribution in [0.3, 0.4) is 0 Å². The smallest absolute Gasteiger partial charge is 0.260 e. The van der Waals surface area contributed by atoms with Crippen molar-refractivity contribution in [1.29, 1.82) is 0 Å². The highest BCUT2D eigenvalue weighted by atomic mass is 32.2. The lowest BCUT2D eigenvalue weighted by atomic mass is 10.2. The summed E-state index contributed by atoms with van der Waals surface area (Å²) in [6.07, 6.45) is 1.41. The topological polar surface area (TPSA) is 79.2 Å². The zero-order valence-corrected chi connectivity index (χ0v) is 12.5. The van der Waals surface area contributed by atoms with Crippen molar-refractivity contribution in [2.45, 2.75) is 18.0 Å². The van der Waals surface area contributed by atoms with Crippen molar-refractivity contribution in [2.24, 2.45) is 0 Å². The monoisotopic (exact) mass is 305 g/mol. The van der Waals surface area contributed by atoms with Gasteiger partial charge in [-0.1, -0.05) is 18.2 Å². The Balaban J connectivity index is 1.96. The average Bonchev–Trinajstić information content (AvgIpc) is 3.14. The number of furan rings is 1. The molecule has 0 fully saturated rings. The van der Waals surface area contributed by atoms with Gasteiger partial charge in [-0.2, -0.15) is 9.40 Å². The van der Waals surface area contributed by atoms with Crippen LogP contribution in [0.1, 0.15) is 18.7 Å². The van der Waals surface area contributed by atoms with Gasteiger partial charge in [-0.3, -0.25) is 5.10 Å². The van der Waals surface area contributed by atoms with E-state index >= 15 is 0 Å². The van der Waals surface area contributed by atoms with Gasteiger partial charge >= 0.3 is 0 Å². The fourth-order valence-electron chi connectivity index (χ4n) is 2.14. The normalized spacial score (nSPS) is 13.9. The molecular formula is C14H15N3O3S. The molecule has 7 heteroatoms. The summed E-state index contributed by atoms with van der Waals surface area (Å²) in [5.74, 6) is 0.599. The lowest BCUT2D eigenvalue weighted by Gasteiger charge is -2.21. The molecule has 0 aliphatic rings. The van der Waals surface area contributed by atoms with Gasteiger partial charge in [0.1, 0.15) is 11.3 Å². The maximum absolute atomic E-state index is 12.4. The standard InChI is InChI=1S/C14H15N3O3S/c1-10(13-9-11-5-3-4-6-12(11)20-13)17(2)21(18,19)14-7-8-15-16-14/h3-10H,1-2H3,(H,15,16). The molecule has 2 aromatic heterocycles. The molecule has 0 amide bonds. The van der Waals surface area contributed by atoms with E-state index in [1.807, 2.05) is 30.3 Å². The minimum Gasteiger partial charge on any atom is -0.459 e. The number of hydrogen-bond acceptors (Lipinski definition) is 4. The summed E-state index contributed by atoms with van der Waals surface area (Å²) in [4.78, 5) is 0. The van der Waals surface area contributed by atoms with Crippen molar-refractivity contribution in [3.63, 3.8) is 0 Å². The molecule has 2 heterocycles. The molecule has 0 saturated carbocycles. The van der Waals surface area contributed by atoms with E-state index in [9.17, 15) is 8.42 Å². The molecule has 0 aliphatic carbocycles. The second-order valence-electron chi connectivity index (χ2n) is 4.80. The van der Waals surface area contributed by atoms with Crippen LogP contribution in [-0.4, -0.2) is 30.0 Å². The Morgan fingerprint density at radius 2 is 2.05 bits per heavy atom. The van der Waals surface area contributed by atoms with E-state index in [1.165, 1.54) is 23.6 Å². The number of nitrogens with zero attached hydrogens (tertiary/aromatic N) is 2. The number of benzene rings is 1.